The molecule has 0 aromatic heterocycles. The summed E-state index contributed by atoms with van der Waals surface area (Å²) >= 11 is 4.16. The normalized spacial score (nSPS) is 9.55. The summed E-state index contributed by atoms with van der Waals surface area (Å²) in [4.78, 5) is 11.3. The summed E-state index contributed by atoms with van der Waals surface area (Å²) in [5.41, 5.74) is 5.90. The fourth-order valence-electron chi connectivity index (χ4n) is 0.848. The second-order valence-electron chi connectivity index (χ2n) is 2.27. The highest BCUT2D eigenvalue weighted by Gasteiger charge is 2.00. The zero-order valence-corrected chi connectivity index (χ0v) is 6.84. The molecule has 11 heavy (non-hydrogen) atoms. The average Bonchev–Trinajstić information content (AvgIpc) is 1.93. The SMILES string of the molecule is NC(=O)Cc1ccccc1S. The summed E-state index contributed by atoms with van der Waals surface area (Å²) in [6.45, 7) is 0. The van der Waals surface area contributed by atoms with E-state index in [4.69, 9.17) is 5.73 Å². The van der Waals surface area contributed by atoms with E-state index in [1.807, 2.05) is 24.3 Å². The quantitative estimate of drug-likeness (QED) is 0.634. The van der Waals surface area contributed by atoms with Crippen LogP contribution >= 0.6 is 12.6 Å². The van der Waals surface area contributed by atoms with Gasteiger partial charge in [0.15, 0.2) is 0 Å². The summed E-state index contributed by atoms with van der Waals surface area (Å²) in [5, 5.41) is 0. The number of primary amides is 1. The van der Waals surface area contributed by atoms with Crippen molar-refractivity contribution in [2.24, 2.45) is 5.73 Å². The van der Waals surface area contributed by atoms with Gasteiger partial charge in [-0.3, -0.25) is 4.79 Å². The molecule has 0 saturated carbocycles. The summed E-state index contributed by atoms with van der Waals surface area (Å²) in [6.07, 6.45) is 0.264. The van der Waals surface area contributed by atoms with Crippen molar-refractivity contribution in [3.05, 3.63) is 29.8 Å². The highest BCUT2D eigenvalue weighted by molar-refractivity contribution is 7.80. The maximum absolute atomic E-state index is 10.5. The minimum atomic E-state index is -0.327. The van der Waals surface area contributed by atoms with Crippen molar-refractivity contribution in [1.29, 1.82) is 0 Å². The van der Waals surface area contributed by atoms with Gasteiger partial charge in [0.25, 0.3) is 0 Å². The highest BCUT2D eigenvalue weighted by Crippen LogP contribution is 2.12. The Balaban J connectivity index is 2.86. The van der Waals surface area contributed by atoms with E-state index in [9.17, 15) is 4.79 Å². The van der Waals surface area contributed by atoms with Gasteiger partial charge in [0.1, 0.15) is 0 Å². The molecule has 3 heteroatoms. The standard InChI is InChI=1S/C8H9NOS/c9-8(10)5-6-3-1-2-4-7(6)11/h1-4,11H,5H2,(H2,9,10). The van der Waals surface area contributed by atoms with E-state index in [2.05, 4.69) is 12.6 Å². The van der Waals surface area contributed by atoms with E-state index in [-0.39, 0.29) is 12.3 Å². The predicted molar refractivity (Wildman–Crippen MR) is 46.6 cm³/mol. The van der Waals surface area contributed by atoms with Crippen LogP contribution in [0.4, 0.5) is 0 Å². The van der Waals surface area contributed by atoms with Crippen LogP contribution in [0.3, 0.4) is 0 Å². The Kier molecular flexibility index (Phi) is 2.54. The van der Waals surface area contributed by atoms with Gasteiger partial charge in [0.05, 0.1) is 6.42 Å². The lowest BCUT2D eigenvalue weighted by Crippen LogP contribution is -2.13. The second kappa shape index (κ2) is 3.44. The molecule has 2 N–H and O–H groups in total. The van der Waals surface area contributed by atoms with Gasteiger partial charge in [-0.1, -0.05) is 18.2 Å². The number of carbonyl (C=O) groups is 1. The van der Waals surface area contributed by atoms with Crippen LogP contribution in [-0.2, 0) is 11.2 Å². The number of benzene rings is 1. The van der Waals surface area contributed by atoms with Crippen LogP contribution < -0.4 is 5.73 Å². The molecule has 0 saturated heterocycles. The van der Waals surface area contributed by atoms with Crippen molar-refractivity contribution in [2.45, 2.75) is 11.3 Å². The molecule has 1 aromatic rings. The summed E-state index contributed by atoms with van der Waals surface area (Å²) in [6, 6.07) is 7.40. The Morgan fingerprint density at radius 1 is 1.45 bits per heavy atom. The molecule has 0 heterocycles. The molecular weight excluding hydrogens is 158 g/mol. The molecule has 0 radical (unpaired) electrons. The van der Waals surface area contributed by atoms with Crippen molar-refractivity contribution in [2.75, 3.05) is 0 Å². The van der Waals surface area contributed by atoms with Gasteiger partial charge >= 0.3 is 0 Å². The molecule has 1 aromatic carbocycles. The van der Waals surface area contributed by atoms with Crippen molar-refractivity contribution >= 4 is 18.5 Å². The first-order valence-corrected chi connectivity index (χ1v) is 3.70. The van der Waals surface area contributed by atoms with Gasteiger partial charge in [-0.15, -0.1) is 12.6 Å². The third-order valence-corrected chi connectivity index (χ3v) is 1.79. The Morgan fingerprint density at radius 3 is 2.64 bits per heavy atom. The third kappa shape index (κ3) is 2.27. The van der Waals surface area contributed by atoms with E-state index >= 15 is 0 Å². The smallest absolute Gasteiger partial charge is 0.221 e. The number of hydrogen-bond acceptors (Lipinski definition) is 2. The van der Waals surface area contributed by atoms with Crippen molar-refractivity contribution in [3.8, 4) is 0 Å². The monoisotopic (exact) mass is 167 g/mol. The van der Waals surface area contributed by atoms with Gasteiger partial charge in [-0.05, 0) is 11.6 Å². The molecule has 0 fully saturated rings. The van der Waals surface area contributed by atoms with E-state index < -0.39 is 0 Å². The van der Waals surface area contributed by atoms with E-state index in [1.165, 1.54) is 0 Å². The lowest BCUT2D eigenvalue weighted by Gasteiger charge is -1.99. The average molecular weight is 167 g/mol. The number of hydrogen-bond donors (Lipinski definition) is 2. The van der Waals surface area contributed by atoms with Crippen LogP contribution in [-0.4, -0.2) is 5.91 Å². The summed E-state index contributed by atoms with van der Waals surface area (Å²) in [5.74, 6) is -0.327. The molecular formula is C8H9NOS. The van der Waals surface area contributed by atoms with Crippen molar-refractivity contribution in [1.82, 2.24) is 0 Å². The number of rotatable bonds is 2. The molecule has 0 aliphatic heterocycles. The lowest BCUT2D eigenvalue weighted by atomic mass is 10.1. The Bertz CT molecular complexity index is 273. The largest absolute Gasteiger partial charge is 0.369 e. The van der Waals surface area contributed by atoms with Crippen LogP contribution in [0, 0.1) is 0 Å². The van der Waals surface area contributed by atoms with Gasteiger partial charge in [0, 0.05) is 4.90 Å². The van der Waals surface area contributed by atoms with Crippen molar-refractivity contribution in [3.63, 3.8) is 0 Å². The van der Waals surface area contributed by atoms with E-state index in [0.29, 0.717) is 0 Å². The van der Waals surface area contributed by atoms with E-state index in [1.54, 1.807) is 0 Å². The molecule has 2 nitrogen and oxygen atoms in total. The highest BCUT2D eigenvalue weighted by atomic mass is 32.1. The van der Waals surface area contributed by atoms with Gasteiger partial charge in [0.2, 0.25) is 5.91 Å². The number of carbonyl (C=O) groups excluding carboxylic acids is 1. The molecule has 1 rings (SSSR count). The lowest BCUT2D eigenvalue weighted by molar-refractivity contribution is -0.117. The molecule has 0 aliphatic rings. The number of thiol groups is 1. The third-order valence-electron chi connectivity index (χ3n) is 1.36. The molecule has 0 unspecified atom stereocenters. The first-order valence-electron chi connectivity index (χ1n) is 3.25. The molecule has 0 atom stereocenters. The second-order valence-corrected chi connectivity index (χ2v) is 2.75. The fourth-order valence-corrected chi connectivity index (χ4v) is 1.09. The Morgan fingerprint density at radius 2 is 2.09 bits per heavy atom. The van der Waals surface area contributed by atoms with Crippen LogP contribution in [0.15, 0.2) is 29.2 Å². The summed E-state index contributed by atoms with van der Waals surface area (Å²) in [7, 11) is 0. The first kappa shape index (κ1) is 8.14. The van der Waals surface area contributed by atoms with Gasteiger partial charge < -0.3 is 5.73 Å². The van der Waals surface area contributed by atoms with Crippen molar-refractivity contribution < 1.29 is 4.79 Å². The van der Waals surface area contributed by atoms with Gasteiger partial charge in [-0.2, -0.15) is 0 Å². The molecule has 0 aliphatic carbocycles. The predicted octanol–water partition coefficient (Wildman–Crippen LogP) is 1.00. The van der Waals surface area contributed by atoms with E-state index in [0.717, 1.165) is 10.5 Å². The number of nitrogens with two attached hydrogens (primary N) is 1. The maximum Gasteiger partial charge on any atom is 0.221 e. The molecule has 58 valence electrons. The zero-order valence-electron chi connectivity index (χ0n) is 5.95. The van der Waals surface area contributed by atoms with Crippen LogP contribution in [0.5, 0.6) is 0 Å². The minimum Gasteiger partial charge on any atom is -0.369 e. The molecule has 0 spiro atoms. The number of amides is 1. The summed E-state index contributed by atoms with van der Waals surface area (Å²) < 4.78 is 0. The van der Waals surface area contributed by atoms with Crippen LogP contribution in [0.25, 0.3) is 0 Å². The topological polar surface area (TPSA) is 43.1 Å². The fraction of sp³-hybridized carbons (Fsp3) is 0.125. The minimum absolute atomic E-state index is 0.264. The first-order chi connectivity index (χ1) is 5.20. The zero-order chi connectivity index (χ0) is 8.27. The molecule has 0 bridgehead atoms. The van der Waals surface area contributed by atoms with Gasteiger partial charge in [-0.25, -0.2) is 0 Å². The van der Waals surface area contributed by atoms with Crippen LogP contribution in [0.1, 0.15) is 5.56 Å². The maximum atomic E-state index is 10.5. The van der Waals surface area contributed by atoms with Crippen LogP contribution in [0.2, 0.25) is 0 Å². The Labute approximate surface area is 70.8 Å². The molecule has 1 amide bonds. The Hall–Kier alpha value is -0.960.